The molecule has 1 N–H and O–H groups in total. The standard InChI is InChI=1S/C13H16F3NO3/c1-8(17-12(18)13(14,15)16)4-9-5-10(19-2)7-11(6-9)20-3/h5-8H,4H2,1-3H3,(H,17,18). The van der Waals surface area contributed by atoms with Crippen molar-refractivity contribution in [1.29, 1.82) is 0 Å². The van der Waals surface area contributed by atoms with Crippen molar-refractivity contribution in [3.8, 4) is 11.5 Å². The number of methoxy groups -OCH3 is 2. The van der Waals surface area contributed by atoms with E-state index in [1.807, 2.05) is 5.32 Å². The zero-order chi connectivity index (χ0) is 15.3. The summed E-state index contributed by atoms with van der Waals surface area (Å²) in [5, 5.41) is 1.90. The highest BCUT2D eigenvalue weighted by atomic mass is 19.4. The van der Waals surface area contributed by atoms with E-state index in [1.54, 1.807) is 18.2 Å². The number of halogens is 3. The average molecular weight is 291 g/mol. The van der Waals surface area contributed by atoms with Gasteiger partial charge in [0.2, 0.25) is 0 Å². The second kappa shape index (κ2) is 6.49. The Morgan fingerprint density at radius 3 is 2.10 bits per heavy atom. The first-order valence-electron chi connectivity index (χ1n) is 5.86. The van der Waals surface area contributed by atoms with Gasteiger partial charge >= 0.3 is 12.1 Å². The van der Waals surface area contributed by atoms with Gasteiger partial charge < -0.3 is 14.8 Å². The number of alkyl halides is 3. The Labute approximate surface area is 114 Å². The van der Waals surface area contributed by atoms with E-state index >= 15 is 0 Å². The van der Waals surface area contributed by atoms with E-state index in [4.69, 9.17) is 9.47 Å². The summed E-state index contributed by atoms with van der Waals surface area (Å²) in [6, 6.07) is 4.35. The molecule has 4 nitrogen and oxygen atoms in total. The molecule has 1 unspecified atom stereocenters. The van der Waals surface area contributed by atoms with Crippen LogP contribution in [0.15, 0.2) is 18.2 Å². The lowest BCUT2D eigenvalue weighted by Gasteiger charge is -2.16. The molecule has 112 valence electrons. The Morgan fingerprint density at radius 1 is 1.20 bits per heavy atom. The largest absolute Gasteiger partial charge is 0.497 e. The summed E-state index contributed by atoms with van der Waals surface area (Å²) in [6.45, 7) is 1.50. The quantitative estimate of drug-likeness (QED) is 0.905. The van der Waals surface area contributed by atoms with Crippen LogP contribution in [0, 0.1) is 0 Å². The van der Waals surface area contributed by atoms with Gasteiger partial charge in [-0.25, -0.2) is 0 Å². The van der Waals surface area contributed by atoms with Crippen LogP contribution < -0.4 is 14.8 Å². The third-order valence-corrected chi connectivity index (χ3v) is 2.59. The number of hydrogen-bond donors (Lipinski definition) is 1. The van der Waals surface area contributed by atoms with Crippen LogP contribution in [0.5, 0.6) is 11.5 Å². The summed E-state index contributed by atoms with van der Waals surface area (Å²) in [7, 11) is 2.96. The summed E-state index contributed by atoms with van der Waals surface area (Å²) in [5.41, 5.74) is 0.705. The second-order valence-electron chi connectivity index (χ2n) is 4.30. The normalized spacial score (nSPS) is 12.7. The lowest BCUT2D eigenvalue weighted by molar-refractivity contribution is -0.174. The van der Waals surface area contributed by atoms with Gasteiger partial charge in [-0.3, -0.25) is 4.79 Å². The van der Waals surface area contributed by atoms with Crippen molar-refractivity contribution in [3.05, 3.63) is 23.8 Å². The number of rotatable bonds is 5. The molecule has 1 aromatic rings. The van der Waals surface area contributed by atoms with Crippen LogP contribution in [0.3, 0.4) is 0 Å². The molecule has 0 fully saturated rings. The Bertz CT molecular complexity index is 452. The molecule has 0 saturated heterocycles. The van der Waals surface area contributed by atoms with Crippen molar-refractivity contribution in [2.24, 2.45) is 0 Å². The van der Waals surface area contributed by atoms with E-state index in [0.29, 0.717) is 17.1 Å². The molecule has 1 aromatic carbocycles. The highest BCUT2D eigenvalue weighted by Crippen LogP contribution is 2.23. The molecule has 0 aliphatic carbocycles. The fourth-order valence-corrected chi connectivity index (χ4v) is 1.69. The summed E-state index contributed by atoms with van der Waals surface area (Å²) >= 11 is 0. The first kappa shape index (κ1) is 16.1. The summed E-state index contributed by atoms with van der Waals surface area (Å²) in [4.78, 5) is 10.8. The number of benzene rings is 1. The predicted molar refractivity (Wildman–Crippen MR) is 66.9 cm³/mol. The monoisotopic (exact) mass is 291 g/mol. The maximum Gasteiger partial charge on any atom is 0.471 e. The van der Waals surface area contributed by atoms with Crippen LogP contribution in [0.25, 0.3) is 0 Å². The molecule has 0 spiro atoms. The van der Waals surface area contributed by atoms with Gasteiger partial charge in [-0.15, -0.1) is 0 Å². The minimum absolute atomic E-state index is 0.232. The van der Waals surface area contributed by atoms with Gasteiger partial charge in [0.1, 0.15) is 11.5 Å². The van der Waals surface area contributed by atoms with E-state index in [9.17, 15) is 18.0 Å². The molecule has 0 heterocycles. The lowest BCUT2D eigenvalue weighted by atomic mass is 10.1. The third-order valence-electron chi connectivity index (χ3n) is 2.59. The van der Waals surface area contributed by atoms with Gasteiger partial charge in [-0.05, 0) is 31.0 Å². The van der Waals surface area contributed by atoms with Crippen molar-refractivity contribution in [2.45, 2.75) is 25.6 Å². The molecule has 1 rings (SSSR count). The number of nitrogens with one attached hydrogen (secondary N) is 1. The smallest absolute Gasteiger partial charge is 0.471 e. The summed E-state index contributed by atoms with van der Waals surface area (Å²) in [6.07, 6.45) is -4.64. The van der Waals surface area contributed by atoms with Crippen molar-refractivity contribution in [1.82, 2.24) is 5.32 Å². The van der Waals surface area contributed by atoms with Crippen molar-refractivity contribution in [3.63, 3.8) is 0 Å². The molecule has 7 heteroatoms. The topological polar surface area (TPSA) is 47.6 Å². The van der Waals surface area contributed by atoms with E-state index in [1.165, 1.54) is 21.1 Å². The fraction of sp³-hybridized carbons (Fsp3) is 0.462. The van der Waals surface area contributed by atoms with E-state index in [2.05, 4.69) is 0 Å². The van der Waals surface area contributed by atoms with Crippen molar-refractivity contribution >= 4 is 5.91 Å². The molecule has 1 atom stereocenters. The van der Waals surface area contributed by atoms with Gasteiger partial charge in [-0.1, -0.05) is 0 Å². The number of ether oxygens (including phenoxy) is 2. The maximum atomic E-state index is 12.1. The van der Waals surface area contributed by atoms with Crippen LogP contribution in [0.2, 0.25) is 0 Å². The van der Waals surface area contributed by atoms with Crippen LogP contribution in [0.4, 0.5) is 13.2 Å². The Balaban J connectivity index is 2.75. The minimum atomic E-state index is -4.87. The minimum Gasteiger partial charge on any atom is -0.497 e. The molecule has 0 aliphatic rings. The van der Waals surface area contributed by atoms with Gasteiger partial charge in [-0.2, -0.15) is 13.2 Å². The Morgan fingerprint density at radius 2 is 1.70 bits per heavy atom. The predicted octanol–water partition coefficient (Wildman–Crippen LogP) is 2.31. The second-order valence-corrected chi connectivity index (χ2v) is 4.30. The Kier molecular flexibility index (Phi) is 5.24. The van der Waals surface area contributed by atoms with Crippen LogP contribution >= 0.6 is 0 Å². The van der Waals surface area contributed by atoms with Gasteiger partial charge in [0.15, 0.2) is 0 Å². The molecule has 0 aliphatic heterocycles. The highest BCUT2D eigenvalue weighted by molar-refractivity contribution is 5.81. The third kappa shape index (κ3) is 4.64. The molecule has 0 aromatic heterocycles. The van der Waals surface area contributed by atoms with Crippen LogP contribution in [-0.4, -0.2) is 32.3 Å². The van der Waals surface area contributed by atoms with E-state index in [0.717, 1.165) is 0 Å². The van der Waals surface area contributed by atoms with Crippen molar-refractivity contribution < 1.29 is 27.4 Å². The summed E-state index contributed by atoms with van der Waals surface area (Å²) in [5.74, 6) is -0.873. The molecule has 20 heavy (non-hydrogen) atoms. The van der Waals surface area contributed by atoms with Gasteiger partial charge in [0.05, 0.1) is 14.2 Å². The molecule has 0 bridgehead atoms. The van der Waals surface area contributed by atoms with Crippen molar-refractivity contribution in [2.75, 3.05) is 14.2 Å². The zero-order valence-electron chi connectivity index (χ0n) is 11.4. The maximum absolute atomic E-state index is 12.1. The first-order chi connectivity index (χ1) is 9.26. The van der Waals surface area contributed by atoms with Gasteiger partial charge in [0.25, 0.3) is 0 Å². The number of amides is 1. The number of carbonyl (C=O) groups is 1. The van der Waals surface area contributed by atoms with Crippen LogP contribution in [0.1, 0.15) is 12.5 Å². The molecular weight excluding hydrogens is 275 g/mol. The first-order valence-corrected chi connectivity index (χ1v) is 5.86. The van der Waals surface area contributed by atoms with E-state index < -0.39 is 18.1 Å². The fourth-order valence-electron chi connectivity index (χ4n) is 1.69. The molecule has 1 amide bonds. The lowest BCUT2D eigenvalue weighted by Crippen LogP contribution is -2.42. The van der Waals surface area contributed by atoms with Crippen LogP contribution in [-0.2, 0) is 11.2 Å². The highest BCUT2D eigenvalue weighted by Gasteiger charge is 2.39. The number of hydrogen-bond acceptors (Lipinski definition) is 3. The Hall–Kier alpha value is -1.92. The SMILES string of the molecule is COc1cc(CC(C)NC(=O)C(F)(F)F)cc(OC)c1. The average Bonchev–Trinajstić information content (AvgIpc) is 2.36. The molecule has 0 radical (unpaired) electrons. The number of carbonyl (C=O) groups excluding carboxylic acids is 1. The van der Waals surface area contributed by atoms with Gasteiger partial charge in [0, 0.05) is 12.1 Å². The zero-order valence-corrected chi connectivity index (χ0v) is 11.4. The molecular formula is C13H16F3NO3. The van der Waals surface area contributed by atoms with E-state index in [-0.39, 0.29) is 6.42 Å². The summed E-state index contributed by atoms with van der Waals surface area (Å²) < 4.78 is 46.5. The molecule has 0 saturated carbocycles.